The van der Waals surface area contributed by atoms with E-state index in [2.05, 4.69) is 15.2 Å². The summed E-state index contributed by atoms with van der Waals surface area (Å²) in [5.41, 5.74) is 4.80. The lowest BCUT2D eigenvalue weighted by Gasteiger charge is -1.77. The summed E-state index contributed by atoms with van der Waals surface area (Å²) in [5, 5.41) is 5.69. The number of halogens is 1. The van der Waals surface area contributed by atoms with Crippen LogP contribution in [0.25, 0.3) is 0 Å². The Morgan fingerprint density at radius 2 is 2.33 bits per heavy atom. The molecule has 0 unspecified atom stereocenters. The molecule has 52 valence electrons. The number of hydrogen-bond donors (Lipinski definition) is 3. The molecule has 1 aromatic rings. The van der Waals surface area contributed by atoms with Crippen LogP contribution in [0, 0.1) is 0 Å². The van der Waals surface area contributed by atoms with Crippen LogP contribution in [0.15, 0.2) is 4.79 Å². The quantitative estimate of drug-likeness (QED) is 0.479. The van der Waals surface area contributed by atoms with Gasteiger partial charge in [0, 0.05) is 0 Å². The molecule has 5 nitrogen and oxygen atoms in total. The maximum atomic E-state index is 10.2. The molecular formula is C3H7ClN4O. The minimum atomic E-state index is -0.314. The predicted molar refractivity (Wildman–Crippen MR) is 34.3 cm³/mol. The smallest absolute Gasteiger partial charge is 0.324 e. The van der Waals surface area contributed by atoms with Gasteiger partial charge in [-0.15, -0.1) is 12.4 Å². The second-order valence-electron chi connectivity index (χ2n) is 1.33. The number of nitrogens with one attached hydrogen (secondary N) is 2. The third-order valence-corrected chi connectivity index (χ3v) is 0.744. The van der Waals surface area contributed by atoms with E-state index in [0.717, 1.165) is 0 Å². The van der Waals surface area contributed by atoms with E-state index in [1.165, 1.54) is 0 Å². The summed E-state index contributed by atoms with van der Waals surface area (Å²) in [4.78, 5) is 12.6. The van der Waals surface area contributed by atoms with Crippen LogP contribution in [0.3, 0.4) is 0 Å². The van der Waals surface area contributed by atoms with Crippen LogP contribution in [-0.4, -0.2) is 15.2 Å². The number of rotatable bonds is 1. The topological polar surface area (TPSA) is 87.6 Å². The van der Waals surface area contributed by atoms with Crippen LogP contribution in [0.4, 0.5) is 0 Å². The van der Waals surface area contributed by atoms with Gasteiger partial charge in [0.05, 0.1) is 6.54 Å². The Labute approximate surface area is 57.1 Å². The van der Waals surface area contributed by atoms with E-state index in [1.807, 2.05) is 0 Å². The average molecular weight is 151 g/mol. The summed E-state index contributed by atoms with van der Waals surface area (Å²) in [6.45, 7) is 0.263. The van der Waals surface area contributed by atoms with Crippen molar-refractivity contribution < 1.29 is 0 Å². The van der Waals surface area contributed by atoms with E-state index >= 15 is 0 Å². The summed E-state index contributed by atoms with van der Waals surface area (Å²) in [5.74, 6) is 0.481. The monoisotopic (exact) mass is 150 g/mol. The van der Waals surface area contributed by atoms with Crippen LogP contribution >= 0.6 is 12.4 Å². The molecule has 9 heavy (non-hydrogen) atoms. The van der Waals surface area contributed by atoms with Gasteiger partial charge in [-0.05, 0) is 0 Å². The molecule has 0 spiro atoms. The van der Waals surface area contributed by atoms with Gasteiger partial charge in [0.15, 0.2) is 0 Å². The molecule has 0 fully saturated rings. The summed E-state index contributed by atoms with van der Waals surface area (Å²) in [7, 11) is 0. The SMILES string of the molecule is Cl.NCc1n[nH]c(=O)[nH]1. The van der Waals surface area contributed by atoms with Crippen LogP contribution in [0.5, 0.6) is 0 Å². The van der Waals surface area contributed by atoms with Crippen LogP contribution in [-0.2, 0) is 6.54 Å². The van der Waals surface area contributed by atoms with Crippen molar-refractivity contribution in [1.29, 1.82) is 0 Å². The molecule has 0 aliphatic carbocycles. The molecule has 0 aliphatic rings. The van der Waals surface area contributed by atoms with Crippen LogP contribution in [0.1, 0.15) is 5.82 Å². The summed E-state index contributed by atoms with van der Waals surface area (Å²) in [6.07, 6.45) is 0. The summed E-state index contributed by atoms with van der Waals surface area (Å²) >= 11 is 0. The Balaban J connectivity index is 0.000000640. The minimum absolute atomic E-state index is 0. The fraction of sp³-hybridized carbons (Fsp3) is 0.333. The second kappa shape index (κ2) is 3.26. The van der Waals surface area contributed by atoms with E-state index in [9.17, 15) is 4.79 Å². The van der Waals surface area contributed by atoms with Gasteiger partial charge in [-0.3, -0.25) is 4.98 Å². The number of H-pyrrole nitrogens is 2. The number of aromatic nitrogens is 3. The Hall–Kier alpha value is -0.810. The van der Waals surface area contributed by atoms with Crippen molar-refractivity contribution in [1.82, 2.24) is 15.2 Å². The number of nitrogens with two attached hydrogens (primary N) is 1. The first kappa shape index (κ1) is 8.19. The number of hydrogen-bond acceptors (Lipinski definition) is 3. The zero-order valence-electron chi connectivity index (χ0n) is 4.55. The normalized spacial score (nSPS) is 8.56. The molecule has 0 radical (unpaired) electrons. The van der Waals surface area contributed by atoms with Gasteiger partial charge in [0.1, 0.15) is 5.82 Å². The molecule has 0 aliphatic heterocycles. The molecule has 0 saturated heterocycles. The zero-order chi connectivity index (χ0) is 5.98. The molecule has 0 saturated carbocycles. The Kier molecular flexibility index (Phi) is 2.97. The van der Waals surface area contributed by atoms with E-state index in [0.29, 0.717) is 5.82 Å². The molecule has 0 bridgehead atoms. The average Bonchev–Trinajstić information content (AvgIpc) is 2.14. The molecule has 1 aromatic heterocycles. The van der Waals surface area contributed by atoms with Gasteiger partial charge in [0.25, 0.3) is 0 Å². The fourth-order valence-electron chi connectivity index (χ4n) is 0.402. The minimum Gasteiger partial charge on any atom is -0.324 e. The molecule has 0 aromatic carbocycles. The third-order valence-electron chi connectivity index (χ3n) is 0.744. The highest BCUT2D eigenvalue weighted by Gasteiger charge is 1.89. The predicted octanol–water partition coefficient (Wildman–Crippen LogP) is -1.02. The van der Waals surface area contributed by atoms with Gasteiger partial charge in [-0.1, -0.05) is 0 Å². The molecule has 0 amide bonds. The van der Waals surface area contributed by atoms with Crippen molar-refractivity contribution in [3.8, 4) is 0 Å². The van der Waals surface area contributed by atoms with Crippen molar-refractivity contribution in [3.63, 3.8) is 0 Å². The van der Waals surface area contributed by atoms with Crippen molar-refractivity contribution >= 4 is 12.4 Å². The van der Waals surface area contributed by atoms with Gasteiger partial charge in [-0.2, -0.15) is 5.10 Å². The van der Waals surface area contributed by atoms with E-state index < -0.39 is 0 Å². The highest BCUT2D eigenvalue weighted by atomic mass is 35.5. The first-order valence-electron chi connectivity index (χ1n) is 2.16. The molecule has 4 N–H and O–H groups in total. The van der Waals surface area contributed by atoms with E-state index in [4.69, 9.17) is 5.73 Å². The van der Waals surface area contributed by atoms with E-state index in [1.54, 1.807) is 0 Å². The van der Waals surface area contributed by atoms with E-state index in [-0.39, 0.29) is 24.6 Å². The number of nitrogens with zero attached hydrogens (tertiary/aromatic N) is 1. The first-order chi connectivity index (χ1) is 3.83. The van der Waals surface area contributed by atoms with Crippen LogP contribution < -0.4 is 11.4 Å². The molecule has 1 heterocycles. The Bertz CT molecular complexity index is 216. The summed E-state index contributed by atoms with van der Waals surface area (Å²) in [6, 6.07) is 0. The fourth-order valence-corrected chi connectivity index (χ4v) is 0.402. The molecular weight excluding hydrogens is 144 g/mol. The highest BCUT2D eigenvalue weighted by molar-refractivity contribution is 5.85. The van der Waals surface area contributed by atoms with Gasteiger partial charge in [0.2, 0.25) is 0 Å². The summed E-state index contributed by atoms with van der Waals surface area (Å²) < 4.78 is 0. The zero-order valence-corrected chi connectivity index (χ0v) is 5.36. The maximum Gasteiger partial charge on any atom is 0.340 e. The van der Waals surface area contributed by atoms with Gasteiger partial charge < -0.3 is 5.73 Å². The first-order valence-corrected chi connectivity index (χ1v) is 2.16. The molecule has 1 rings (SSSR count). The molecule has 6 heteroatoms. The maximum absolute atomic E-state index is 10.2. The number of aromatic amines is 2. The standard InChI is InChI=1S/C3H6N4O.ClH/c4-1-2-5-3(8)7-6-2;/h1,4H2,(H2,5,6,7,8);1H. The third kappa shape index (κ3) is 1.87. The lowest BCUT2D eigenvalue weighted by molar-refractivity contribution is 0.916. The lowest BCUT2D eigenvalue weighted by atomic mass is 10.6. The molecule has 0 atom stereocenters. The Morgan fingerprint density at radius 1 is 1.67 bits per heavy atom. The van der Waals surface area contributed by atoms with Crippen molar-refractivity contribution in [2.45, 2.75) is 6.54 Å². The highest BCUT2D eigenvalue weighted by Crippen LogP contribution is 1.72. The van der Waals surface area contributed by atoms with Crippen LogP contribution in [0.2, 0.25) is 0 Å². The second-order valence-corrected chi connectivity index (χ2v) is 1.33. The largest absolute Gasteiger partial charge is 0.340 e. The lowest BCUT2D eigenvalue weighted by Crippen LogP contribution is -2.03. The van der Waals surface area contributed by atoms with Crippen molar-refractivity contribution in [2.75, 3.05) is 0 Å². The van der Waals surface area contributed by atoms with Crippen molar-refractivity contribution in [2.24, 2.45) is 5.73 Å². The van der Waals surface area contributed by atoms with Gasteiger partial charge >= 0.3 is 5.69 Å². The van der Waals surface area contributed by atoms with Crippen molar-refractivity contribution in [3.05, 3.63) is 16.3 Å². The Morgan fingerprint density at radius 3 is 2.56 bits per heavy atom. The van der Waals surface area contributed by atoms with Gasteiger partial charge in [-0.25, -0.2) is 9.89 Å².